The lowest BCUT2D eigenvalue weighted by Gasteiger charge is -2.42. The van der Waals surface area contributed by atoms with Gasteiger partial charge < -0.3 is 14.2 Å². The molecule has 2 aromatic carbocycles. The standard InChI is InChI=1S/C30H34F3N5O2/c1-19-7-20(2)13-37(12-19)14-21-8-24-25(26(9-21)30(31,32)33)15-38(28(24)39)23-6-4-5-22(10-23)29(16-40-17-29)11-27-35-34-18-36(27)3/h4-6,8-10,18-20H,7,11-17H2,1-3H3/t19-,20+. The van der Waals surface area contributed by atoms with Crippen molar-refractivity contribution in [3.63, 3.8) is 0 Å². The molecule has 0 N–H and O–H groups in total. The quantitative estimate of drug-likeness (QED) is 0.431. The number of ether oxygens (including phenoxy) is 1. The molecule has 3 aliphatic rings. The number of alkyl halides is 3. The molecule has 40 heavy (non-hydrogen) atoms. The van der Waals surface area contributed by atoms with E-state index in [4.69, 9.17) is 4.74 Å². The Hall–Kier alpha value is -3.24. The molecule has 0 radical (unpaired) electrons. The van der Waals surface area contributed by atoms with Gasteiger partial charge in [0.15, 0.2) is 0 Å². The summed E-state index contributed by atoms with van der Waals surface area (Å²) in [5.74, 6) is 1.40. The fourth-order valence-electron chi connectivity index (χ4n) is 6.69. The fourth-order valence-corrected chi connectivity index (χ4v) is 6.69. The van der Waals surface area contributed by atoms with E-state index in [2.05, 4.69) is 28.9 Å². The predicted molar refractivity (Wildman–Crippen MR) is 144 cm³/mol. The topological polar surface area (TPSA) is 63.5 Å². The van der Waals surface area contributed by atoms with Crippen LogP contribution in [0.15, 0.2) is 42.7 Å². The summed E-state index contributed by atoms with van der Waals surface area (Å²) in [6.07, 6.45) is -1.17. The van der Waals surface area contributed by atoms with Crippen molar-refractivity contribution in [3.8, 4) is 0 Å². The van der Waals surface area contributed by atoms with Crippen molar-refractivity contribution >= 4 is 11.6 Å². The Morgan fingerprint density at radius 2 is 1.85 bits per heavy atom. The van der Waals surface area contributed by atoms with Gasteiger partial charge in [-0.25, -0.2) is 0 Å². The van der Waals surface area contributed by atoms with E-state index < -0.39 is 17.6 Å². The Balaban J connectivity index is 1.30. The van der Waals surface area contributed by atoms with Crippen LogP contribution in [-0.2, 0) is 42.9 Å². The molecule has 6 rings (SSSR count). The van der Waals surface area contributed by atoms with Gasteiger partial charge in [0, 0.05) is 49.8 Å². The number of rotatable bonds is 6. The number of halogens is 3. The van der Waals surface area contributed by atoms with Crippen LogP contribution in [0.1, 0.15) is 58.7 Å². The predicted octanol–water partition coefficient (Wildman–Crippen LogP) is 4.98. The number of amides is 1. The maximum Gasteiger partial charge on any atom is 0.416 e. The number of benzene rings is 2. The molecule has 0 bridgehead atoms. The number of carbonyl (C=O) groups is 1. The van der Waals surface area contributed by atoms with Crippen molar-refractivity contribution in [2.75, 3.05) is 31.2 Å². The lowest BCUT2D eigenvalue weighted by atomic mass is 9.75. The molecule has 3 aromatic rings. The Kier molecular flexibility index (Phi) is 6.73. The van der Waals surface area contributed by atoms with Gasteiger partial charge in [-0.3, -0.25) is 9.69 Å². The molecular weight excluding hydrogens is 519 g/mol. The van der Waals surface area contributed by atoms with E-state index in [0.717, 1.165) is 30.9 Å². The average molecular weight is 554 g/mol. The number of nitrogens with zero attached hydrogens (tertiary/aromatic N) is 5. The number of anilines is 1. The van der Waals surface area contributed by atoms with E-state index in [9.17, 15) is 18.0 Å². The Morgan fingerprint density at radius 3 is 2.48 bits per heavy atom. The molecule has 212 valence electrons. The van der Waals surface area contributed by atoms with Gasteiger partial charge in [0.2, 0.25) is 0 Å². The van der Waals surface area contributed by atoms with E-state index >= 15 is 0 Å². The molecule has 2 fully saturated rings. The Morgan fingerprint density at radius 1 is 1.10 bits per heavy atom. The van der Waals surface area contributed by atoms with Gasteiger partial charge in [-0.1, -0.05) is 26.0 Å². The number of aryl methyl sites for hydroxylation is 1. The van der Waals surface area contributed by atoms with Crippen molar-refractivity contribution in [2.24, 2.45) is 18.9 Å². The fraction of sp³-hybridized carbons (Fsp3) is 0.500. The summed E-state index contributed by atoms with van der Waals surface area (Å²) in [7, 11) is 1.89. The van der Waals surface area contributed by atoms with Crippen molar-refractivity contribution in [1.82, 2.24) is 19.7 Å². The lowest BCUT2D eigenvalue weighted by Crippen LogP contribution is -2.49. The van der Waals surface area contributed by atoms with Crippen molar-refractivity contribution in [3.05, 3.63) is 76.4 Å². The first kappa shape index (κ1) is 27.0. The smallest absolute Gasteiger partial charge is 0.379 e. The summed E-state index contributed by atoms with van der Waals surface area (Å²) >= 11 is 0. The van der Waals surface area contributed by atoms with Gasteiger partial charge in [-0.15, -0.1) is 10.2 Å². The van der Waals surface area contributed by atoms with E-state index in [-0.39, 0.29) is 23.1 Å². The molecule has 1 aromatic heterocycles. The van der Waals surface area contributed by atoms with E-state index in [1.54, 1.807) is 18.5 Å². The third kappa shape index (κ3) is 4.92. The van der Waals surface area contributed by atoms with Gasteiger partial charge in [0.25, 0.3) is 5.91 Å². The normalized spacial score (nSPS) is 22.9. The minimum absolute atomic E-state index is 0.0489. The number of carbonyl (C=O) groups excluding carboxylic acids is 1. The molecular formula is C30H34F3N5O2. The zero-order valence-electron chi connectivity index (χ0n) is 23.0. The highest BCUT2D eigenvalue weighted by Gasteiger charge is 2.43. The molecule has 0 saturated carbocycles. The van der Waals surface area contributed by atoms with Crippen LogP contribution in [-0.4, -0.2) is 51.9 Å². The van der Waals surface area contributed by atoms with Crippen LogP contribution in [0.25, 0.3) is 0 Å². The molecule has 0 spiro atoms. The molecule has 0 unspecified atom stereocenters. The van der Waals surface area contributed by atoms with Gasteiger partial charge in [0.05, 0.1) is 25.3 Å². The van der Waals surface area contributed by atoms with Crippen LogP contribution in [0.4, 0.5) is 18.9 Å². The summed E-state index contributed by atoms with van der Waals surface area (Å²) in [5.41, 5.74) is 1.23. The van der Waals surface area contributed by atoms with E-state index in [1.165, 1.54) is 11.0 Å². The van der Waals surface area contributed by atoms with Crippen LogP contribution >= 0.6 is 0 Å². The summed E-state index contributed by atoms with van der Waals surface area (Å²) in [5, 5.41) is 8.20. The highest BCUT2D eigenvalue weighted by atomic mass is 19.4. The largest absolute Gasteiger partial charge is 0.416 e. The first-order valence-electron chi connectivity index (χ1n) is 13.8. The zero-order valence-corrected chi connectivity index (χ0v) is 23.0. The van der Waals surface area contributed by atoms with Gasteiger partial charge >= 0.3 is 6.18 Å². The molecule has 7 nitrogen and oxygen atoms in total. The second-order valence-electron chi connectivity index (χ2n) is 12.1. The SMILES string of the molecule is C[C@@H]1C[C@H](C)CN(Cc2cc3c(c(C(F)(F)F)c2)CN(c2cccc(C4(Cc5nncn5C)COC4)c2)C3=O)C1. The lowest BCUT2D eigenvalue weighted by molar-refractivity contribution is -0.138. The molecule has 3 aliphatic heterocycles. The number of hydrogen-bond acceptors (Lipinski definition) is 5. The first-order valence-corrected chi connectivity index (χ1v) is 13.8. The van der Waals surface area contributed by atoms with Crippen molar-refractivity contribution in [1.29, 1.82) is 0 Å². The first-order chi connectivity index (χ1) is 19.0. The maximum absolute atomic E-state index is 14.3. The number of aromatic nitrogens is 3. The second kappa shape index (κ2) is 9.99. The minimum Gasteiger partial charge on any atom is -0.379 e. The van der Waals surface area contributed by atoms with Crippen molar-refractivity contribution < 1.29 is 22.7 Å². The summed E-state index contributed by atoms with van der Waals surface area (Å²) < 4.78 is 50.4. The highest BCUT2D eigenvalue weighted by molar-refractivity contribution is 6.10. The van der Waals surface area contributed by atoms with Gasteiger partial charge in [-0.05, 0) is 59.2 Å². The number of piperidine rings is 1. The molecule has 10 heteroatoms. The number of likely N-dealkylation sites (tertiary alicyclic amines) is 1. The molecule has 4 heterocycles. The van der Waals surface area contributed by atoms with Crippen LogP contribution in [0.3, 0.4) is 0 Å². The van der Waals surface area contributed by atoms with Gasteiger partial charge in [0.1, 0.15) is 12.2 Å². The maximum atomic E-state index is 14.3. The molecule has 2 saturated heterocycles. The van der Waals surface area contributed by atoms with Crippen LogP contribution < -0.4 is 4.90 Å². The number of hydrogen-bond donors (Lipinski definition) is 0. The Labute approximate surface area is 231 Å². The second-order valence-corrected chi connectivity index (χ2v) is 12.1. The Bertz CT molecular complexity index is 1420. The van der Waals surface area contributed by atoms with Crippen LogP contribution in [0.5, 0.6) is 0 Å². The summed E-state index contributed by atoms with van der Waals surface area (Å²) in [4.78, 5) is 17.3. The van der Waals surface area contributed by atoms with Gasteiger partial charge in [-0.2, -0.15) is 13.2 Å². The third-order valence-corrected chi connectivity index (χ3v) is 8.59. The molecule has 0 aliphatic carbocycles. The van der Waals surface area contributed by atoms with Crippen LogP contribution in [0.2, 0.25) is 0 Å². The minimum atomic E-state index is -4.55. The van der Waals surface area contributed by atoms with Crippen LogP contribution in [0, 0.1) is 11.8 Å². The average Bonchev–Trinajstić information content (AvgIpc) is 3.42. The summed E-state index contributed by atoms with van der Waals surface area (Å²) in [6, 6.07) is 10.5. The van der Waals surface area contributed by atoms with E-state index in [0.29, 0.717) is 49.3 Å². The third-order valence-electron chi connectivity index (χ3n) is 8.59. The highest BCUT2D eigenvalue weighted by Crippen LogP contribution is 2.42. The number of fused-ring (bicyclic) bond motifs is 1. The van der Waals surface area contributed by atoms with E-state index in [1.807, 2.05) is 29.8 Å². The molecule has 1 amide bonds. The van der Waals surface area contributed by atoms with Crippen molar-refractivity contribution in [2.45, 2.75) is 51.4 Å². The molecule has 2 atom stereocenters. The summed E-state index contributed by atoms with van der Waals surface area (Å²) in [6.45, 7) is 7.31. The monoisotopic (exact) mass is 553 g/mol. The zero-order chi connectivity index (χ0) is 28.2.